The molecule has 4 heteroatoms. The Morgan fingerprint density at radius 3 is 2.30 bits per heavy atom. The van der Waals surface area contributed by atoms with Crippen LogP contribution in [-0.2, 0) is 4.79 Å². The Balaban J connectivity index is 2.13. The van der Waals surface area contributed by atoms with Crippen LogP contribution in [0.15, 0.2) is 48.5 Å². The predicted octanol–water partition coefficient (Wildman–Crippen LogP) is 5.06. The van der Waals surface area contributed by atoms with Crippen molar-refractivity contribution >= 4 is 5.91 Å². The molecule has 0 unspecified atom stereocenters. The van der Waals surface area contributed by atoms with E-state index < -0.39 is 6.10 Å². The van der Waals surface area contributed by atoms with Gasteiger partial charge in [-0.15, -0.1) is 0 Å². The van der Waals surface area contributed by atoms with Crippen LogP contribution in [0.3, 0.4) is 0 Å². The Hall–Kier alpha value is -2.49. The highest BCUT2D eigenvalue weighted by Gasteiger charge is 2.23. The fourth-order valence-electron chi connectivity index (χ4n) is 3.01. The van der Waals surface area contributed by atoms with Crippen molar-refractivity contribution in [2.24, 2.45) is 5.92 Å². The molecule has 0 aliphatic heterocycles. The molecular formula is C23H31NO3. The molecule has 0 aliphatic rings. The number of aryl methyl sites for hydroxylation is 1. The Labute approximate surface area is 162 Å². The second kappa shape index (κ2) is 10.0. The van der Waals surface area contributed by atoms with Gasteiger partial charge in [-0.25, -0.2) is 0 Å². The van der Waals surface area contributed by atoms with Gasteiger partial charge in [0.15, 0.2) is 6.10 Å². The average Bonchev–Trinajstić information content (AvgIpc) is 2.66. The third kappa shape index (κ3) is 6.02. The molecule has 2 atom stereocenters. The summed E-state index contributed by atoms with van der Waals surface area (Å²) in [6.07, 6.45) is 0.953. The smallest absolute Gasteiger partial charge is 0.261 e. The van der Waals surface area contributed by atoms with Gasteiger partial charge in [-0.1, -0.05) is 51.1 Å². The molecule has 2 aromatic carbocycles. The number of methoxy groups -OCH3 is 1. The van der Waals surface area contributed by atoms with Gasteiger partial charge < -0.3 is 14.8 Å². The zero-order valence-corrected chi connectivity index (χ0v) is 17.0. The summed E-state index contributed by atoms with van der Waals surface area (Å²) in [5.41, 5.74) is 2.10. The summed E-state index contributed by atoms with van der Waals surface area (Å²) in [4.78, 5) is 12.9. The summed E-state index contributed by atoms with van der Waals surface area (Å²) < 4.78 is 11.2. The number of carbonyl (C=O) groups is 1. The van der Waals surface area contributed by atoms with Crippen molar-refractivity contribution in [3.05, 3.63) is 59.7 Å². The van der Waals surface area contributed by atoms with Gasteiger partial charge in [0.2, 0.25) is 0 Å². The van der Waals surface area contributed by atoms with E-state index in [1.807, 2.05) is 62.4 Å². The molecule has 27 heavy (non-hydrogen) atoms. The van der Waals surface area contributed by atoms with Crippen molar-refractivity contribution in [2.45, 2.75) is 52.7 Å². The number of benzene rings is 2. The lowest BCUT2D eigenvalue weighted by atomic mass is 9.96. The summed E-state index contributed by atoms with van der Waals surface area (Å²) in [6.45, 7) is 8.26. The number of para-hydroxylation sites is 1. The normalized spacial score (nSPS) is 13.1. The maximum absolute atomic E-state index is 12.9. The lowest BCUT2D eigenvalue weighted by Crippen LogP contribution is -2.40. The molecule has 0 bridgehead atoms. The van der Waals surface area contributed by atoms with E-state index in [-0.39, 0.29) is 11.9 Å². The Morgan fingerprint density at radius 2 is 1.74 bits per heavy atom. The van der Waals surface area contributed by atoms with Crippen LogP contribution in [0.2, 0.25) is 0 Å². The second-order valence-electron chi connectivity index (χ2n) is 7.24. The summed E-state index contributed by atoms with van der Waals surface area (Å²) >= 11 is 0. The number of hydrogen-bond acceptors (Lipinski definition) is 3. The van der Waals surface area contributed by atoms with Gasteiger partial charge in [0, 0.05) is 0 Å². The van der Waals surface area contributed by atoms with Gasteiger partial charge in [-0.3, -0.25) is 4.79 Å². The Bertz CT molecular complexity index is 725. The van der Waals surface area contributed by atoms with E-state index in [0.717, 1.165) is 29.0 Å². The van der Waals surface area contributed by atoms with Crippen molar-refractivity contribution in [3.63, 3.8) is 0 Å². The fraction of sp³-hybridized carbons (Fsp3) is 0.435. The maximum atomic E-state index is 12.9. The van der Waals surface area contributed by atoms with E-state index in [9.17, 15) is 4.79 Å². The topological polar surface area (TPSA) is 47.6 Å². The van der Waals surface area contributed by atoms with Gasteiger partial charge in [-0.05, 0) is 55.0 Å². The molecule has 1 N–H and O–H groups in total. The molecule has 2 rings (SSSR count). The first-order chi connectivity index (χ1) is 12.9. The zero-order chi connectivity index (χ0) is 19.8. The molecule has 0 radical (unpaired) electrons. The monoisotopic (exact) mass is 369 g/mol. The molecule has 146 valence electrons. The van der Waals surface area contributed by atoms with Crippen molar-refractivity contribution < 1.29 is 14.3 Å². The van der Waals surface area contributed by atoms with Gasteiger partial charge in [0.25, 0.3) is 5.91 Å². The van der Waals surface area contributed by atoms with E-state index in [1.165, 1.54) is 0 Å². The van der Waals surface area contributed by atoms with Crippen LogP contribution in [0.5, 0.6) is 11.5 Å². The summed E-state index contributed by atoms with van der Waals surface area (Å²) in [7, 11) is 1.65. The van der Waals surface area contributed by atoms with E-state index in [1.54, 1.807) is 7.11 Å². The molecular weight excluding hydrogens is 338 g/mol. The highest BCUT2D eigenvalue weighted by atomic mass is 16.5. The van der Waals surface area contributed by atoms with Crippen LogP contribution in [0, 0.1) is 12.8 Å². The summed E-state index contributed by atoms with van der Waals surface area (Å²) in [5, 5.41) is 3.19. The van der Waals surface area contributed by atoms with Crippen molar-refractivity contribution in [2.75, 3.05) is 7.11 Å². The first-order valence-corrected chi connectivity index (χ1v) is 9.61. The second-order valence-corrected chi connectivity index (χ2v) is 7.24. The molecule has 0 heterocycles. The van der Waals surface area contributed by atoms with Crippen molar-refractivity contribution in [1.82, 2.24) is 5.32 Å². The van der Waals surface area contributed by atoms with Gasteiger partial charge >= 0.3 is 0 Å². The summed E-state index contributed by atoms with van der Waals surface area (Å²) in [6, 6.07) is 15.6. The molecule has 0 spiro atoms. The molecule has 0 saturated carbocycles. The first-order valence-electron chi connectivity index (χ1n) is 9.61. The standard InChI is InChI=1S/C23H31NO3/c1-6-21(27-22-10-8-7-9-17(22)4)23(25)24-20(15-16(2)3)18-11-13-19(26-5)14-12-18/h7-14,16,20-21H,6,15H2,1-5H3,(H,24,25)/t20-,21+/m0/s1. The number of rotatable bonds is 9. The molecule has 0 aliphatic carbocycles. The van der Waals surface area contributed by atoms with E-state index in [0.29, 0.717) is 12.3 Å². The van der Waals surface area contributed by atoms with Crippen LogP contribution < -0.4 is 14.8 Å². The van der Waals surface area contributed by atoms with Gasteiger partial charge in [0.05, 0.1) is 13.2 Å². The van der Waals surface area contributed by atoms with Crippen LogP contribution in [0.4, 0.5) is 0 Å². The van der Waals surface area contributed by atoms with E-state index in [2.05, 4.69) is 19.2 Å². The van der Waals surface area contributed by atoms with Gasteiger partial charge in [-0.2, -0.15) is 0 Å². The molecule has 2 aromatic rings. The van der Waals surface area contributed by atoms with Crippen LogP contribution >= 0.6 is 0 Å². The highest BCUT2D eigenvalue weighted by molar-refractivity contribution is 5.81. The Morgan fingerprint density at radius 1 is 1.07 bits per heavy atom. The highest BCUT2D eigenvalue weighted by Crippen LogP contribution is 2.25. The largest absolute Gasteiger partial charge is 0.497 e. The average molecular weight is 370 g/mol. The number of carbonyl (C=O) groups excluding carboxylic acids is 1. The number of amides is 1. The SMILES string of the molecule is CC[C@@H](Oc1ccccc1C)C(=O)N[C@@H](CC(C)C)c1ccc(OC)cc1. The first kappa shape index (κ1) is 20.8. The molecule has 0 fully saturated rings. The van der Waals surface area contributed by atoms with Gasteiger partial charge in [0.1, 0.15) is 11.5 Å². The third-order valence-corrected chi connectivity index (χ3v) is 4.57. The molecule has 4 nitrogen and oxygen atoms in total. The third-order valence-electron chi connectivity index (χ3n) is 4.57. The lowest BCUT2D eigenvalue weighted by molar-refractivity contribution is -0.129. The van der Waals surface area contributed by atoms with Crippen LogP contribution in [0.25, 0.3) is 0 Å². The maximum Gasteiger partial charge on any atom is 0.261 e. The molecule has 0 saturated heterocycles. The minimum atomic E-state index is -0.515. The number of ether oxygens (including phenoxy) is 2. The number of hydrogen-bond donors (Lipinski definition) is 1. The fourth-order valence-corrected chi connectivity index (χ4v) is 3.01. The minimum absolute atomic E-state index is 0.0575. The van der Waals surface area contributed by atoms with Crippen molar-refractivity contribution in [3.8, 4) is 11.5 Å². The van der Waals surface area contributed by atoms with E-state index in [4.69, 9.17) is 9.47 Å². The Kier molecular flexibility index (Phi) is 7.71. The van der Waals surface area contributed by atoms with Crippen LogP contribution in [0.1, 0.15) is 50.8 Å². The number of nitrogens with one attached hydrogen (secondary N) is 1. The minimum Gasteiger partial charge on any atom is -0.497 e. The molecule has 1 amide bonds. The summed E-state index contributed by atoms with van der Waals surface area (Å²) in [5.74, 6) is 1.93. The van der Waals surface area contributed by atoms with Crippen molar-refractivity contribution in [1.29, 1.82) is 0 Å². The molecule has 0 aromatic heterocycles. The predicted molar refractivity (Wildman–Crippen MR) is 109 cm³/mol. The quantitative estimate of drug-likeness (QED) is 0.672. The lowest BCUT2D eigenvalue weighted by Gasteiger charge is -2.25. The zero-order valence-electron chi connectivity index (χ0n) is 17.0. The van der Waals surface area contributed by atoms with Crippen LogP contribution in [-0.4, -0.2) is 19.1 Å². The van der Waals surface area contributed by atoms with E-state index >= 15 is 0 Å².